The maximum absolute atomic E-state index is 12.5. The van der Waals surface area contributed by atoms with E-state index in [0.29, 0.717) is 12.8 Å². The Bertz CT molecular complexity index is 535. The van der Waals surface area contributed by atoms with Crippen molar-refractivity contribution in [2.75, 3.05) is 6.54 Å². The third kappa shape index (κ3) is 4.00. The Morgan fingerprint density at radius 1 is 1.18 bits per heavy atom. The number of nitrogens with zero attached hydrogens (tertiary/aromatic N) is 1. The molecular weight excluding hydrogens is 282 g/mol. The van der Waals surface area contributed by atoms with Crippen LogP contribution in [0.25, 0.3) is 0 Å². The Balaban J connectivity index is 2.24. The first-order chi connectivity index (χ1) is 10.3. The quantitative estimate of drug-likeness (QED) is 0.908. The van der Waals surface area contributed by atoms with Gasteiger partial charge in [0.05, 0.1) is 12.0 Å². The van der Waals surface area contributed by atoms with E-state index in [0.717, 1.165) is 5.56 Å². The highest BCUT2D eigenvalue weighted by atomic mass is 16.6. The lowest BCUT2D eigenvalue weighted by Gasteiger charge is -2.39. The molecule has 0 aromatic heterocycles. The van der Waals surface area contributed by atoms with Crippen LogP contribution < -0.4 is 0 Å². The van der Waals surface area contributed by atoms with Crippen molar-refractivity contribution in [2.24, 2.45) is 5.92 Å². The SMILES string of the molecule is CC(C)(C)OC(=O)N1CC(C(=O)O)CCC1c1ccccc1. The standard InChI is InChI=1S/C17H23NO4/c1-17(2,3)22-16(21)18-11-13(15(19)20)9-10-14(18)12-7-5-4-6-8-12/h4-8,13-14H,9-11H2,1-3H3,(H,19,20). The van der Waals surface area contributed by atoms with Crippen LogP contribution in [0.15, 0.2) is 30.3 Å². The Hall–Kier alpha value is -2.04. The summed E-state index contributed by atoms with van der Waals surface area (Å²) >= 11 is 0. The molecule has 5 heteroatoms. The molecule has 0 aliphatic carbocycles. The van der Waals surface area contributed by atoms with Gasteiger partial charge in [-0.3, -0.25) is 4.79 Å². The number of carboxylic acid groups (broad SMARTS) is 1. The van der Waals surface area contributed by atoms with E-state index in [2.05, 4.69) is 0 Å². The second-order valence-electron chi connectivity index (χ2n) is 6.67. The van der Waals surface area contributed by atoms with Crippen LogP contribution >= 0.6 is 0 Å². The van der Waals surface area contributed by atoms with Gasteiger partial charge < -0.3 is 14.7 Å². The normalized spacial score (nSPS) is 22.2. The summed E-state index contributed by atoms with van der Waals surface area (Å²) in [6.07, 6.45) is 0.737. The summed E-state index contributed by atoms with van der Waals surface area (Å²) in [5.74, 6) is -1.40. The zero-order valence-corrected chi connectivity index (χ0v) is 13.3. The summed E-state index contributed by atoms with van der Waals surface area (Å²) < 4.78 is 5.45. The van der Waals surface area contributed by atoms with Gasteiger partial charge in [0.1, 0.15) is 5.60 Å². The van der Waals surface area contributed by atoms with Gasteiger partial charge in [-0.1, -0.05) is 30.3 Å². The van der Waals surface area contributed by atoms with Gasteiger partial charge in [-0.15, -0.1) is 0 Å². The molecule has 0 bridgehead atoms. The number of carboxylic acids is 1. The van der Waals surface area contributed by atoms with Gasteiger partial charge in [-0.05, 0) is 39.2 Å². The van der Waals surface area contributed by atoms with Crippen LogP contribution in [0.5, 0.6) is 0 Å². The molecule has 1 aliphatic heterocycles. The van der Waals surface area contributed by atoms with E-state index in [-0.39, 0.29) is 12.6 Å². The molecule has 0 saturated carbocycles. The minimum atomic E-state index is -0.861. The minimum Gasteiger partial charge on any atom is -0.481 e. The number of piperidine rings is 1. The lowest BCUT2D eigenvalue weighted by Crippen LogP contribution is -2.46. The minimum absolute atomic E-state index is 0.133. The summed E-state index contributed by atoms with van der Waals surface area (Å²) in [5, 5.41) is 9.25. The lowest BCUT2D eigenvalue weighted by atomic mass is 9.89. The van der Waals surface area contributed by atoms with E-state index in [9.17, 15) is 14.7 Å². The average molecular weight is 305 g/mol. The van der Waals surface area contributed by atoms with Gasteiger partial charge in [-0.2, -0.15) is 0 Å². The van der Waals surface area contributed by atoms with E-state index < -0.39 is 23.6 Å². The second-order valence-corrected chi connectivity index (χ2v) is 6.67. The third-order valence-electron chi connectivity index (χ3n) is 3.74. The van der Waals surface area contributed by atoms with Crippen molar-refractivity contribution in [1.82, 2.24) is 4.90 Å². The van der Waals surface area contributed by atoms with E-state index in [4.69, 9.17) is 4.74 Å². The summed E-state index contributed by atoms with van der Waals surface area (Å²) in [6, 6.07) is 9.56. The van der Waals surface area contributed by atoms with Crippen LogP contribution in [0.3, 0.4) is 0 Å². The number of hydrogen-bond donors (Lipinski definition) is 1. The lowest BCUT2D eigenvalue weighted by molar-refractivity contribution is -0.144. The maximum atomic E-state index is 12.5. The number of rotatable bonds is 2. The summed E-state index contributed by atoms with van der Waals surface area (Å²) in [7, 11) is 0. The fourth-order valence-electron chi connectivity index (χ4n) is 2.72. The molecule has 1 amide bonds. The number of carbonyl (C=O) groups excluding carboxylic acids is 1. The molecule has 1 aromatic carbocycles. The predicted molar refractivity (Wildman–Crippen MR) is 82.5 cm³/mol. The van der Waals surface area contributed by atoms with Crippen LogP contribution in [0.1, 0.15) is 45.2 Å². The van der Waals surface area contributed by atoms with Gasteiger partial charge in [0.2, 0.25) is 0 Å². The average Bonchev–Trinajstić information content (AvgIpc) is 2.45. The van der Waals surface area contributed by atoms with Crippen molar-refractivity contribution in [3.05, 3.63) is 35.9 Å². The van der Waals surface area contributed by atoms with E-state index in [1.54, 1.807) is 25.7 Å². The first-order valence-corrected chi connectivity index (χ1v) is 7.55. The highest BCUT2D eigenvalue weighted by Gasteiger charge is 2.37. The first kappa shape index (κ1) is 16.3. The molecule has 2 rings (SSSR count). The van der Waals surface area contributed by atoms with E-state index in [1.165, 1.54) is 0 Å². The number of ether oxygens (including phenoxy) is 1. The smallest absolute Gasteiger partial charge is 0.410 e. The Labute approximate surface area is 130 Å². The zero-order valence-electron chi connectivity index (χ0n) is 13.3. The van der Waals surface area contributed by atoms with Crippen molar-refractivity contribution in [3.8, 4) is 0 Å². The monoisotopic (exact) mass is 305 g/mol. The highest BCUT2D eigenvalue weighted by molar-refractivity contribution is 5.73. The largest absolute Gasteiger partial charge is 0.481 e. The summed E-state index contributed by atoms with van der Waals surface area (Å²) in [6.45, 7) is 5.60. The topological polar surface area (TPSA) is 66.8 Å². The summed E-state index contributed by atoms with van der Waals surface area (Å²) in [5.41, 5.74) is 0.409. The fourth-order valence-corrected chi connectivity index (χ4v) is 2.72. The number of benzene rings is 1. The zero-order chi connectivity index (χ0) is 16.3. The molecule has 1 heterocycles. The van der Waals surface area contributed by atoms with Gasteiger partial charge in [0, 0.05) is 6.54 Å². The Morgan fingerprint density at radius 2 is 1.82 bits per heavy atom. The molecule has 1 fully saturated rings. The number of aliphatic carboxylic acids is 1. The van der Waals surface area contributed by atoms with E-state index in [1.807, 2.05) is 30.3 Å². The van der Waals surface area contributed by atoms with Gasteiger partial charge in [0.25, 0.3) is 0 Å². The van der Waals surface area contributed by atoms with Crippen molar-refractivity contribution in [2.45, 2.75) is 45.3 Å². The third-order valence-corrected chi connectivity index (χ3v) is 3.74. The number of amides is 1. The van der Waals surface area contributed by atoms with E-state index >= 15 is 0 Å². The van der Waals surface area contributed by atoms with Crippen LogP contribution in [0.4, 0.5) is 4.79 Å². The van der Waals surface area contributed by atoms with Crippen LogP contribution in [-0.2, 0) is 9.53 Å². The van der Waals surface area contributed by atoms with Crippen LogP contribution in [0.2, 0.25) is 0 Å². The number of carbonyl (C=O) groups is 2. The molecular formula is C17H23NO4. The molecule has 0 spiro atoms. The molecule has 1 N–H and O–H groups in total. The molecule has 5 nitrogen and oxygen atoms in total. The summed E-state index contributed by atoms with van der Waals surface area (Å²) in [4.78, 5) is 25.3. The molecule has 1 aliphatic rings. The molecule has 0 radical (unpaired) electrons. The highest BCUT2D eigenvalue weighted by Crippen LogP contribution is 2.34. The van der Waals surface area contributed by atoms with Crippen molar-refractivity contribution < 1.29 is 19.4 Å². The fraction of sp³-hybridized carbons (Fsp3) is 0.529. The molecule has 2 atom stereocenters. The molecule has 120 valence electrons. The number of likely N-dealkylation sites (tertiary alicyclic amines) is 1. The van der Waals surface area contributed by atoms with Gasteiger partial charge in [0.15, 0.2) is 0 Å². The predicted octanol–water partition coefficient (Wildman–Crippen LogP) is 3.46. The first-order valence-electron chi connectivity index (χ1n) is 7.55. The van der Waals surface area contributed by atoms with Crippen LogP contribution in [-0.4, -0.2) is 34.2 Å². The Morgan fingerprint density at radius 3 is 2.36 bits per heavy atom. The van der Waals surface area contributed by atoms with Crippen molar-refractivity contribution in [1.29, 1.82) is 0 Å². The maximum Gasteiger partial charge on any atom is 0.410 e. The molecule has 1 aromatic rings. The second kappa shape index (κ2) is 6.38. The van der Waals surface area contributed by atoms with Gasteiger partial charge >= 0.3 is 12.1 Å². The molecule has 2 unspecified atom stereocenters. The van der Waals surface area contributed by atoms with Crippen molar-refractivity contribution in [3.63, 3.8) is 0 Å². The Kier molecular flexibility index (Phi) is 4.74. The molecule has 22 heavy (non-hydrogen) atoms. The molecule has 1 saturated heterocycles. The van der Waals surface area contributed by atoms with Crippen LogP contribution in [0, 0.1) is 5.92 Å². The van der Waals surface area contributed by atoms with Crippen molar-refractivity contribution >= 4 is 12.1 Å². The van der Waals surface area contributed by atoms with Gasteiger partial charge in [-0.25, -0.2) is 4.79 Å². The number of hydrogen-bond acceptors (Lipinski definition) is 3.